The highest BCUT2D eigenvalue weighted by atomic mass is 16.2. The molecule has 4 nitrogen and oxygen atoms in total. The van der Waals surface area contributed by atoms with Gasteiger partial charge in [-0.1, -0.05) is 30.4 Å². The number of nitrogens with zero attached hydrogens (tertiary/aromatic N) is 1. The molecule has 1 N–H and O–H groups in total. The molecular weight excluding hydrogens is 288 g/mol. The predicted molar refractivity (Wildman–Crippen MR) is 90.9 cm³/mol. The Morgan fingerprint density at radius 2 is 1.87 bits per heavy atom. The van der Waals surface area contributed by atoms with Crippen LogP contribution in [0.3, 0.4) is 0 Å². The predicted octanol–water partition coefficient (Wildman–Crippen LogP) is 3.22. The zero-order chi connectivity index (χ0) is 16.1. The summed E-state index contributed by atoms with van der Waals surface area (Å²) < 4.78 is 0. The Bertz CT molecular complexity index is 582. The lowest BCUT2D eigenvalue weighted by molar-refractivity contribution is -0.138. The molecule has 1 heterocycles. The number of para-hydroxylation sites is 1. The second-order valence-electron chi connectivity index (χ2n) is 6.46. The van der Waals surface area contributed by atoms with Crippen molar-refractivity contribution in [3.05, 3.63) is 42.5 Å². The Balaban J connectivity index is 1.58. The fraction of sp³-hybridized carbons (Fsp3) is 0.474. The molecule has 0 bridgehead atoms. The van der Waals surface area contributed by atoms with Crippen LogP contribution in [0.4, 0.5) is 5.69 Å². The summed E-state index contributed by atoms with van der Waals surface area (Å²) in [5.41, 5.74) is 0.818. The molecule has 1 fully saturated rings. The standard InChI is InChI=1S/C19H24N2O2/c22-18(20-17-11-5-2-6-12-17)16-10-7-13-21(14-16)19(23)15-8-3-1-4-9-15/h1-3,5-6,11-12,15-16H,4,7-10,13-14H2,(H,20,22). The number of amides is 2. The van der Waals surface area contributed by atoms with E-state index in [4.69, 9.17) is 0 Å². The lowest BCUT2D eigenvalue weighted by Gasteiger charge is -2.34. The second kappa shape index (κ2) is 7.44. The number of hydrogen-bond acceptors (Lipinski definition) is 2. The summed E-state index contributed by atoms with van der Waals surface area (Å²) >= 11 is 0. The number of carbonyl (C=O) groups excluding carboxylic acids is 2. The Labute approximate surface area is 137 Å². The minimum atomic E-state index is -0.105. The number of benzene rings is 1. The summed E-state index contributed by atoms with van der Waals surface area (Å²) in [7, 11) is 0. The van der Waals surface area contributed by atoms with Crippen molar-refractivity contribution in [3.8, 4) is 0 Å². The van der Waals surface area contributed by atoms with Crippen LogP contribution in [0.1, 0.15) is 32.1 Å². The van der Waals surface area contributed by atoms with Crippen molar-refractivity contribution in [1.29, 1.82) is 0 Å². The zero-order valence-corrected chi connectivity index (χ0v) is 13.4. The molecule has 1 aliphatic heterocycles. The highest BCUT2D eigenvalue weighted by Crippen LogP contribution is 2.25. The summed E-state index contributed by atoms with van der Waals surface area (Å²) in [5.74, 6) is 0.256. The number of anilines is 1. The van der Waals surface area contributed by atoms with Crippen LogP contribution in [0.25, 0.3) is 0 Å². The number of carbonyl (C=O) groups is 2. The zero-order valence-electron chi connectivity index (χ0n) is 13.4. The van der Waals surface area contributed by atoms with E-state index in [1.54, 1.807) is 0 Å². The number of hydrogen-bond donors (Lipinski definition) is 1. The molecule has 2 amide bonds. The first-order valence-corrected chi connectivity index (χ1v) is 8.54. The molecule has 4 heteroatoms. The molecule has 1 aliphatic carbocycles. The molecule has 2 atom stereocenters. The van der Waals surface area contributed by atoms with Crippen LogP contribution in [0, 0.1) is 11.8 Å². The van der Waals surface area contributed by atoms with E-state index in [2.05, 4.69) is 17.5 Å². The maximum Gasteiger partial charge on any atom is 0.229 e. The molecule has 1 aromatic rings. The van der Waals surface area contributed by atoms with Crippen LogP contribution in [0.15, 0.2) is 42.5 Å². The second-order valence-corrected chi connectivity index (χ2v) is 6.46. The molecule has 1 saturated heterocycles. The summed E-state index contributed by atoms with van der Waals surface area (Å²) in [6, 6.07) is 9.51. The van der Waals surface area contributed by atoms with Crippen molar-refractivity contribution in [1.82, 2.24) is 4.90 Å². The first kappa shape index (κ1) is 15.8. The number of rotatable bonds is 3. The molecule has 0 radical (unpaired) electrons. The molecule has 0 aromatic heterocycles. The molecular formula is C19H24N2O2. The normalized spacial score (nSPS) is 24.3. The van der Waals surface area contributed by atoms with Gasteiger partial charge in [0, 0.05) is 24.7 Å². The van der Waals surface area contributed by atoms with Crippen LogP contribution >= 0.6 is 0 Å². The van der Waals surface area contributed by atoms with Gasteiger partial charge in [0.05, 0.1) is 5.92 Å². The monoisotopic (exact) mass is 312 g/mol. The topological polar surface area (TPSA) is 49.4 Å². The first-order valence-electron chi connectivity index (χ1n) is 8.54. The maximum absolute atomic E-state index is 12.6. The van der Waals surface area contributed by atoms with Crippen molar-refractivity contribution in [2.24, 2.45) is 11.8 Å². The third-order valence-corrected chi connectivity index (χ3v) is 4.76. The van der Waals surface area contributed by atoms with Gasteiger partial charge in [-0.05, 0) is 44.2 Å². The highest BCUT2D eigenvalue weighted by Gasteiger charge is 2.31. The lowest BCUT2D eigenvalue weighted by Crippen LogP contribution is -2.46. The van der Waals surface area contributed by atoms with Gasteiger partial charge in [0.25, 0.3) is 0 Å². The summed E-state index contributed by atoms with van der Waals surface area (Å²) in [6.07, 6.45) is 8.78. The third kappa shape index (κ3) is 4.01. The van der Waals surface area contributed by atoms with Crippen LogP contribution < -0.4 is 5.32 Å². The summed E-state index contributed by atoms with van der Waals surface area (Å²) in [6.45, 7) is 1.34. The van der Waals surface area contributed by atoms with Crippen molar-refractivity contribution < 1.29 is 9.59 Å². The van der Waals surface area contributed by atoms with Gasteiger partial charge in [0.1, 0.15) is 0 Å². The molecule has 0 spiro atoms. The quantitative estimate of drug-likeness (QED) is 0.871. The molecule has 23 heavy (non-hydrogen) atoms. The van der Waals surface area contributed by atoms with Crippen LogP contribution in [0.5, 0.6) is 0 Å². The highest BCUT2D eigenvalue weighted by molar-refractivity contribution is 5.93. The average Bonchev–Trinajstić information content (AvgIpc) is 2.63. The Hall–Kier alpha value is -2.10. The smallest absolute Gasteiger partial charge is 0.229 e. The fourth-order valence-corrected chi connectivity index (χ4v) is 3.43. The summed E-state index contributed by atoms with van der Waals surface area (Å²) in [5, 5.41) is 2.96. The van der Waals surface area contributed by atoms with E-state index < -0.39 is 0 Å². The molecule has 2 aliphatic rings. The molecule has 1 aromatic carbocycles. The Kier molecular flexibility index (Phi) is 5.11. The molecule has 122 valence electrons. The first-order chi connectivity index (χ1) is 11.2. The number of likely N-dealkylation sites (tertiary alicyclic amines) is 1. The number of piperidine rings is 1. The van der Waals surface area contributed by atoms with Gasteiger partial charge in [-0.25, -0.2) is 0 Å². The number of nitrogens with one attached hydrogen (secondary N) is 1. The molecule has 0 saturated carbocycles. The molecule has 2 unspecified atom stereocenters. The Morgan fingerprint density at radius 3 is 2.61 bits per heavy atom. The van der Waals surface area contributed by atoms with Gasteiger partial charge in [-0.3, -0.25) is 9.59 Å². The van der Waals surface area contributed by atoms with Gasteiger partial charge < -0.3 is 10.2 Å². The van der Waals surface area contributed by atoms with Gasteiger partial charge >= 0.3 is 0 Å². The SMILES string of the molecule is O=C(Nc1ccccc1)C1CCCN(C(=O)C2CC=CCC2)C1. The van der Waals surface area contributed by atoms with E-state index >= 15 is 0 Å². The largest absolute Gasteiger partial charge is 0.342 e. The average molecular weight is 312 g/mol. The van der Waals surface area contributed by atoms with Gasteiger partial charge in [-0.15, -0.1) is 0 Å². The fourth-order valence-electron chi connectivity index (χ4n) is 3.43. The van der Waals surface area contributed by atoms with E-state index in [0.717, 1.165) is 44.3 Å². The van der Waals surface area contributed by atoms with Crippen molar-refractivity contribution in [2.75, 3.05) is 18.4 Å². The third-order valence-electron chi connectivity index (χ3n) is 4.76. The van der Waals surface area contributed by atoms with Gasteiger partial charge in [0.2, 0.25) is 11.8 Å². The minimum Gasteiger partial charge on any atom is -0.342 e. The van der Waals surface area contributed by atoms with E-state index in [1.807, 2.05) is 35.2 Å². The maximum atomic E-state index is 12.6. The van der Waals surface area contributed by atoms with E-state index in [0.29, 0.717) is 6.54 Å². The van der Waals surface area contributed by atoms with Gasteiger partial charge in [0.15, 0.2) is 0 Å². The van der Waals surface area contributed by atoms with Crippen LogP contribution in [0.2, 0.25) is 0 Å². The van der Waals surface area contributed by atoms with E-state index in [1.165, 1.54) is 0 Å². The van der Waals surface area contributed by atoms with Crippen LogP contribution in [-0.4, -0.2) is 29.8 Å². The van der Waals surface area contributed by atoms with E-state index in [-0.39, 0.29) is 23.7 Å². The van der Waals surface area contributed by atoms with Crippen molar-refractivity contribution in [2.45, 2.75) is 32.1 Å². The minimum absolute atomic E-state index is 0.0252. The molecule has 3 rings (SSSR count). The Morgan fingerprint density at radius 1 is 1.04 bits per heavy atom. The lowest BCUT2D eigenvalue weighted by atomic mass is 9.90. The van der Waals surface area contributed by atoms with E-state index in [9.17, 15) is 9.59 Å². The van der Waals surface area contributed by atoms with Crippen molar-refractivity contribution >= 4 is 17.5 Å². The van der Waals surface area contributed by atoms with Crippen LogP contribution in [-0.2, 0) is 9.59 Å². The summed E-state index contributed by atoms with van der Waals surface area (Å²) in [4.78, 5) is 27.0. The van der Waals surface area contributed by atoms with Gasteiger partial charge in [-0.2, -0.15) is 0 Å². The van der Waals surface area contributed by atoms with Crippen molar-refractivity contribution in [3.63, 3.8) is 0 Å². The number of allylic oxidation sites excluding steroid dienone is 2.